The molecule has 0 spiro atoms. The Balaban J connectivity index is 2.53. The third-order valence-corrected chi connectivity index (χ3v) is 2.22. The zero-order valence-corrected chi connectivity index (χ0v) is 9.70. The van der Waals surface area contributed by atoms with E-state index in [2.05, 4.69) is 41.5 Å². The maximum Gasteiger partial charge on any atom is 0.152 e. The van der Waals surface area contributed by atoms with Gasteiger partial charge in [0, 0.05) is 11.7 Å². The van der Waals surface area contributed by atoms with Gasteiger partial charge < -0.3 is 9.72 Å². The van der Waals surface area contributed by atoms with Gasteiger partial charge in [-0.2, -0.15) is 0 Å². The number of imidazole rings is 1. The van der Waals surface area contributed by atoms with Crippen LogP contribution in [0.5, 0.6) is 0 Å². The predicted octanol–water partition coefficient (Wildman–Crippen LogP) is 2.85. The first-order valence-electron chi connectivity index (χ1n) is 5.19. The Bertz CT molecular complexity index is 477. The fourth-order valence-electron chi connectivity index (χ4n) is 1.64. The van der Waals surface area contributed by atoms with Crippen molar-refractivity contribution in [3.8, 4) is 0 Å². The van der Waals surface area contributed by atoms with Gasteiger partial charge in [0.25, 0.3) is 0 Å². The molecule has 2 heterocycles. The lowest BCUT2D eigenvalue weighted by Gasteiger charge is -2.20. The molecule has 0 saturated carbocycles. The number of aryl methyl sites for hydroxylation is 1. The highest BCUT2D eigenvalue weighted by Gasteiger charge is 2.14. The van der Waals surface area contributed by atoms with Crippen LogP contribution in [0, 0.1) is 6.92 Å². The molecule has 0 amide bonds. The van der Waals surface area contributed by atoms with E-state index in [1.54, 1.807) is 0 Å². The van der Waals surface area contributed by atoms with Gasteiger partial charge in [-0.3, -0.25) is 0 Å². The van der Waals surface area contributed by atoms with Crippen LogP contribution >= 0.6 is 0 Å². The van der Waals surface area contributed by atoms with Crippen LogP contribution in [0.25, 0.3) is 5.52 Å². The normalized spacial score (nSPS) is 12.0. The maximum absolute atomic E-state index is 4.53. The molecule has 2 rings (SSSR count). The molecule has 80 valence electrons. The predicted molar refractivity (Wildman–Crippen MR) is 63.3 cm³/mol. The Hall–Kier alpha value is -1.51. The third kappa shape index (κ3) is 1.96. The summed E-state index contributed by atoms with van der Waals surface area (Å²) in [6.45, 7) is 8.42. The molecular formula is C12H17N3. The topological polar surface area (TPSA) is 29.3 Å². The van der Waals surface area contributed by atoms with Crippen molar-refractivity contribution in [3.05, 3.63) is 30.2 Å². The largest absolute Gasteiger partial charge is 0.364 e. The van der Waals surface area contributed by atoms with Crippen molar-refractivity contribution in [1.82, 2.24) is 9.38 Å². The second-order valence-electron chi connectivity index (χ2n) is 4.84. The molecule has 1 N–H and O–H groups in total. The minimum atomic E-state index is 0.0388. The lowest BCUT2D eigenvalue weighted by Crippen LogP contribution is -2.26. The molecule has 3 nitrogen and oxygen atoms in total. The van der Waals surface area contributed by atoms with Gasteiger partial charge in [-0.15, -0.1) is 0 Å². The van der Waals surface area contributed by atoms with Gasteiger partial charge in [0.2, 0.25) is 0 Å². The molecule has 2 aromatic rings. The van der Waals surface area contributed by atoms with E-state index in [-0.39, 0.29) is 5.54 Å². The van der Waals surface area contributed by atoms with Crippen LogP contribution in [0.4, 0.5) is 5.82 Å². The van der Waals surface area contributed by atoms with E-state index >= 15 is 0 Å². The monoisotopic (exact) mass is 203 g/mol. The molecular weight excluding hydrogens is 186 g/mol. The summed E-state index contributed by atoms with van der Waals surface area (Å²) in [6.07, 6.45) is 2.03. The highest BCUT2D eigenvalue weighted by molar-refractivity contribution is 5.69. The van der Waals surface area contributed by atoms with Gasteiger partial charge >= 0.3 is 0 Å². The summed E-state index contributed by atoms with van der Waals surface area (Å²) in [7, 11) is 0. The van der Waals surface area contributed by atoms with Gasteiger partial charge in [-0.1, -0.05) is 6.07 Å². The number of aromatic nitrogens is 2. The second kappa shape index (κ2) is 3.26. The molecule has 0 bridgehead atoms. The van der Waals surface area contributed by atoms with Crippen molar-refractivity contribution in [1.29, 1.82) is 0 Å². The van der Waals surface area contributed by atoms with E-state index in [1.807, 2.05) is 25.3 Å². The fraction of sp³-hybridized carbons (Fsp3) is 0.417. The first-order chi connectivity index (χ1) is 6.97. The van der Waals surface area contributed by atoms with Gasteiger partial charge in [-0.05, 0) is 39.8 Å². The lowest BCUT2D eigenvalue weighted by molar-refractivity contribution is 0.632. The van der Waals surface area contributed by atoms with Gasteiger partial charge in [0.05, 0.1) is 5.52 Å². The Morgan fingerprint density at radius 3 is 2.67 bits per heavy atom. The van der Waals surface area contributed by atoms with Crippen molar-refractivity contribution in [2.24, 2.45) is 0 Å². The molecule has 15 heavy (non-hydrogen) atoms. The number of pyridine rings is 1. The molecule has 0 saturated heterocycles. The van der Waals surface area contributed by atoms with Crippen LogP contribution in [0.3, 0.4) is 0 Å². The fourth-order valence-corrected chi connectivity index (χ4v) is 1.64. The van der Waals surface area contributed by atoms with Crippen LogP contribution < -0.4 is 5.32 Å². The molecule has 0 unspecified atom stereocenters. The SMILES string of the molecule is Cc1nc(NC(C)(C)C)c2ccccn12. The number of hydrogen-bond donors (Lipinski definition) is 1. The van der Waals surface area contributed by atoms with Crippen LogP contribution in [-0.2, 0) is 0 Å². The minimum absolute atomic E-state index is 0.0388. The first-order valence-corrected chi connectivity index (χ1v) is 5.19. The molecule has 3 heteroatoms. The van der Waals surface area contributed by atoms with Gasteiger partial charge in [0.1, 0.15) is 5.82 Å². The number of hydrogen-bond acceptors (Lipinski definition) is 2. The Morgan fingerprint density at radius 2 is 2.00 bits per heavy atom. The number of nitrogens with zero attached hydrogens (tertiary/aromatic N) is 2. The molecule has 2 aromatic heterocycles. The molecule has 0 fully saturated rings. The quantitative estimate of drug-likeness (QED) is 0.772. The van der Waals surface area contributed by atoms with Crippen molar-refractivity contribution in [3.63, 3.8) is 0 Å². The first kappa shape index (κ1) is 10.0. The molecule has 0 aromatic carbocycles. The summed E-state index contributed by atoms with van der Waals surface area (Å²) in [5.74, 6) is 1.97. The maximum atomic E-state index is 4.53. The zero-order valence-electron chi connectivity index (χ0n) is 9.70. The van der Waals surface area contributed by atoms with Crippen LogP contribution in [-0.4, -0.2) is 14.9 Å². The number of fused-ring (bicyclic) bond motifs is 1. The van der Waals surface area contributed by atoms with E-state index in [0.29, 0.717) is 0 Å². The third-order valence-electron chi connectivity index (χ3n) is 2.22. The standard InChI is InChI=1S/C12H17N3/c1-9-13-11(14-12(2,3)4)10-7-5-6-8-15(9)10/h5-8,14H,1-4H3. The van der Waals surface area contributed by atoms with Gasteiger partial charge in [-0.25, -0.2) is 4.98 Å². The van der Waals surface area contributed by atoms with Crippen molar-refractivity contribution < 1.29 is 0 Å². The molecule has 0 aliphatic heterocycles. The van der Waals surface area contributed by atoms with Crippen LogP contribution in [0.1, 0.15) is 26.6 Å². The van der Waals surface area contributed by atoms with Crippen LogP contribution in [0.15, 0.2) is 24.4 Å². The van der Waals surface area contributed by atoms with E-state index in [1.165, 1.54) is 0 Å². The summed E-state index contributed by atoms with van der Waals surface area (Å²) < 4.78 is 2.09. The average molecular weight is 203 g/mol. The highest BCUT2D eigenvalue weighted by Crippen LogP contribution is 2.20. The number of rotatable bonds is 1. The molecule has 0 atom stereocenters. The second-order valence-corrected chi connectivity index (χ2v) is 4.84. The Morgan fingerprint density at radius 1 is 1.27 bits per heavy atom. The van der Waals surface area contributed by atoms with E-state index in [4.69, 9.17) is 0 Å². The number of anilines is 1. The summed E-state index contributed by atoms with van der Waals surface area (Å²) in [4.78, 5) is 4.53. The van der Waals surface area contributed by atoms with E-state index in [9.17, 15) is 0 Å². The Kier molecular flexibility index (Phi) is 2.18. The summed E-state index contributed by atoms with van der Waals surface area (Å²) in [5, 5.41) is 3.41. The lowest BCUT2D eigenvalue weighted by atomic mass is 10.1. The zero-order chi connectivity index (χ0) is 11.1. The average Bonchev–Trinajstić information content (AvgIpc) is 2.42. The van der Waals surface area contributed by atoms with Crippen LogP contribution in [0.2, 0.25) is 0 Å². The number of nitrogens with one attached hydrogen (secondary N) is 1. The minimum Gasteiger partial charge on any atom is -0.364 e. The van der Waals surface area contributed by atoms with Crippen molar-refractivity contribution >= 4 is 11.3 Å². The van der Waals surface area contributed by atoms with E-state index in [0.717, 1.165) is 17.2 Å². The van der Waals surface area contributed by atoms with Crippen molar-refractivity contribution in [2.45, 2.75) is 33.2 Å². The summed E-state index contributed by atoms with van der Waals surface area (Å²) in [5.41, 5.74) is 1.17. The Labute approximate surface area is 90.1 Å². The van der Waals surface area contributed by atoms with E-state index < -0.39 is 0 Å². The molecule has 0 radical (unpaired) electrons. The molecule has 0 aliphatic rings. The summed E-state index contributed by atoms with van der Waals surface area (Å²) >= 11 is 0. The van der Waals surface area contributed by atoms with Gasteiger partial charge in [0.15, 0.2) is 5.82 Å². The van der Waals surface area contributed by atoms with Crippen molar-refractivity contribution in [2.75, 3.05) is 5.32 Å². The molecule has 0 aliphatic carbocycles. The smallest absolute Gasteiger partial charge is 0.152 e. The highest BCUT2D eigenvalue weighted by atomic mass is 15.1. The summed E-state index contributed by atoms with van der Waals surface area (Å²) in [6, 6.07) is 6.13.